The highest BCUT2D eigenvalue weighted by molar-refractivity contribution is 5.67. The van der Waals surface area contributed by atoms with Gasteiger partial charge < -0.3 is 14.6 Å². The summed E-state index contributed by atoms with van der Waals surface area (Å²) in [6.07, 6.45) is 1.58. The van der Waals surface area contributed by atoms with Crippen LogP contribution < -0.4 is 9.47 Å². The molecule has 0 unspecified atom stereocenters. The normalized spacial score (nSPS) is 15.1. The molecule has 2 aromatic carbocycles. The average molecular weight is 360 g/mol. The lowest BCUT2D eigenvalue weighted by Gasteiger charge is -2.28. The van der Waals surface area contributed by atoms with Gasteiger partial charge in [-0.3, -0.25) is 0 Å². The molecule has 7 heteroatoms. The maximum atomic E-state index is 9.92. The minimum Gasteiger partial charge on any atom is -0.508 e. The molecule has 27 heavy (non-hydrogen) atoms. The Morgan fingerprint density at radius 2 is 2.00 bits per heavy atom. The summed E-state index contributed by atoms with van der Waals surface area (Å²) in [6.45, 7) is 1.84. The number of fused-ring (bicyclic) bond motifs is 4. The van der Waals surface area contributed by atoms with Crippen molar-refractivity contribution in [1.29, 1.82) is 0 Å². The molecule has 0 radical (unpaired) electrons. The van der Waals surface area contributed by atoms with Crippen LogP contribution >= 0.6 is 0 Å². The summed E-state index contributed by atoms with van der Waals surface area (Å²) in [5, 5.41) is 14.3. The Kier molecular flexibility index (Phi) is 3.30. The van der Waals surface area contributed by atoms with Crippen LogP contribution in [0.3, 0.4) is 0 Å². The van der Waals surface area contributed by atoms with E-state index in [0.29, 0.717) is 23.1 Å². The number of rotatable bonds is 2. The van der Waals surface area contributed by atoms with Gasteiger partial charge in [0.2, 0.25) is 5.88 Å². The lowest BCUT2D eigenvalue weighted by Crippen LogP contribution is -2.15. The van der Waals surface area contributed by atoms with Crippen molar-refractivity contribution in [2.75, 3.05) is 7.11 Å². The minimum atomic E-state index is -0.222. The quantitative estimate of drug-likeness (QED) is 0.519. The number of aromatic hydroxyl groups is 1. The van der Waals surface area contributed by atoms with Gasteiger partial charge in [-0.15, -0.1) is 0 Å². The number of phenols is 1. The number of phenolic OH excluding ortho intramolecular Hbond substituents is 1. The molecule has 0 saturated carbocycles. The van der Waals surface area contributed by atoms with E-state index in [4.69, 9.17) is 9.47 Å². The highest BCUT2D eigenvalue weighted by Gasteiger charge is 2.34. The zero-order valence-corrected chi connectivity index (χ0v) is 14.7. The Bertz CT molecular complexity index is 1190. The first kappa shape index (κ1) is 15.6. The van der Waals surface area contributed by atoms with Gasteiger partial charge in [0.25, 0.3) is 0 Å². The van der Waals surface area contributed by atoms with E-state index in [1.54, 1.807) is 30.1 Å². The van der Waals surface area contributed by atoms with Crippen LogP contribution in [0, 0.1) is 6.92 Å². The van der Waals surface area contributed by atoms with Gasteiger partial charge in [-0.2, -0.15) is 5.10 Å². The summed E-state index contributed by atoms with van der Waals surface area (Å²) in [4.78, 5) is 9.03. The van der Waals surface area contributed by atoms with Gasteiger partial charge in [-0.25, -0.2) is 14.5 Å². The van der Waals surface area contributed by atoms with Crippen LogP contribution in [0.1, 0.15) is 28.4 Å². The predicted molar refractivity (Wildman–Crippen MR) is 97.6 cm³/mol. The van der Waals surface area contributed by atoms with E-state index in [-0.39, 0.29) is 11.7 Å². The van der Waals surface area contributed by atoms with Gasteiger partial charge in [-0.1, -0.05) is 24.3 Å². The van der Waals surface area contributed by atoms with E-state index in [1.807, 2.05) is 37.3 Å². The molecule has 0 amide bonds. The van der Waals surface area contributed by atoms with Gasteiger partial charge in [0.05, 0.1) is 18.6 Å². The molecule has 7 nitrogen and oxygen atoms in total. The van der Waals surface area contributed by atoms with Crippen LogP contribution in [-0.2, 0) is 0 Å². The summed E-state index contributed by atoms with van der Waals surface area (Å²) in [5.41, 5.74) is 3.38. The molecule has 1 aliphatic heterocycles. The zero-order valence-electron chi connectivity index (χ0n) is 14.7. The monoisotopic (exact) mass is 360 g/mol. The number of hydrogen-bond acceptors (Lipinski definition) is 6. The molecule has 0 bridgehead atoms. The van der Waals surface area contributed by atoms with Crippen LogP contribution in [0.15, 0.2) is 48.8 Å². The van der Waals surface area contributed by atoms with Crippen LogP contribution in [0.5, 0.6) is 23.1 Å². The van der Waals surface area contributed by atoms with E-state index < -0.39 is 0 Å². The number of aryl methyl sites for hydroxylation is 1. The Morgan fingerprint density at radius 3 is 2.85 bits per heavy atom. The van der Waals surface area contributed by atoms with Crippen LogP contribution in [-0.4, -0.2) is 31.8 Å². The third kappa shape index (κ3) is 2.32. The fraction of sp³-hybridized carbons (Fsp3) is 0.150. The fourth-order valence-electron chi connectivity index (χ4n) is 3.64. The molecular weight excluding hydrogens is 344 g/mol. The summed E-state index contributed by atoms with van der Waals surface area (Å²) in [7, 11) is 1.65. The van der Waals surface area contributed by atoms with Gasteiger partial charge in [0.15, 0.2) is 5.65 Å². The van der Waals surface area contributed by atoms with E-state index in [0.717, 1.165) is 22.4 Å². The first-order chi connectivity index (χ1) is 13.2. The molecular formula is C20H16N4O3. The highest BCUT2D eigenvalue weighted by atomic mass is 16.5. The van der Waals surface area contributed by atoms with Crippen molar-refractivity contribution >= 4 is 5.65 Å². The summed E-state index contributed by atoms with van der Waals surface area (Å²) in [6, 6.07) is 12.9. The first-order valence-corrected chi connectivity index (χ1v) is 8.51. The third-order valence-electron chi connectivity index (χ3n) is 4.75. The second-order valence-corrected chi connectivity index (χ2v) is 6.39. The number of methoxy groups -OCH3 is 1. The standard InChI is InChI=1S/C20H16N4O3/c1-11-22-19-18-17(13-5-3-4-6-15(13)26-2)14-8-7-12(25)9-16(14)27-20(18)21-10-24(19)23-11/h3-10,17,25H,1-2H3/t17-/m0/s1. The van der Waals surface area contributed by atoms with Gasteiger partial charge >= 0.3 is 0 Å². The van der Waals surface area contributed by atoms with Crippen molar-refractivity contribution in [3.63, 3.8) is 0 Å². The lowest BCUT2D eigenvalue weighted by molar-refractivity contribution is 0.401. The number of nitrogens with zero attached hydrogens (tertiary/aromatic N) is 4. The van der Waals surface area contributed by atoms with Crippen molar-refractivity contribution in [2.24, 2.45) is 0 Å². The number of aromatic nitrogens is 4. The molecule has 5 rings (SSSR count). The summed E-state index contributed by atoms with van der Waals surface area (Å²) in [5.74, 6) is 2.33. The van der Waals surface area contributed by atoms with Crippen LogP contribution in [0.2, 0.25) is 0 Å². The van der Waals surface area contributed by atoms with Crippen molar-refractivity contribution in [1.82, 2.24) is 19.6 Å². The first-order valence-electron chi connectivity index (χ1n) is 8.51. The average Bonchev–Trinajstić information content (AvgIpc) is 3.06. The van der Waals surface area contributed by atoms with Crippen molar-refractivity contribution < 1.29 is 14.6 Å². The minimum absolute atomic E-state index is 0.135. The van der Waals surface area contributed by atoms with Crippen LogP contribution in [0.4, 0.5) is 0 Å². The second-order valence-electron chi connectivity index (χ2n) is 6.39. The van der Waals surface area contributed by atoms with Gasteiger partial charge in [0, 0.05) is 17.2 Å². The zero-order chi connectivity index (χ0) is 18.5. The molecule has 1 aliphatic rings. The SMILES string of the molecule is COc1ccccc1[C@H]1c2ccc(O)cc2Oc2ncn3nc(C)nc3c21. The van der Waals surface area contributed by atoms with E-state index in [9.17, 15) is 5.11 Å². The molecule has 3 heterocycles. The second kappa shape index (κ2) is 5.70. The number of hydrogen-bond donors (Lipinski definition) is 1. The van der Waals surface area contributed by atoms with E-state index in [2.05, 4.69) is 15.1 Å². The molecule has 4 aromatic rings. The number of para-hydroxylation sites is 1. The molecule has 0 fully saturated rings. The predicted octanol–water partition coefficient (Wildman–Crippen LogP) is 3.43. The van der Waals surface area contributed by atoms with E-state index in [1.165, 1.54) is 0 Å². The maximum absolute atomic E-state index is 9.92. The number of benzene rings is 2. The fourth-order valence-corrected chi connectivity index (χ4v) is 3.64. The largest absolute Gasteiger partial charge is 0.508 e. The molecule has 2 aromatic heterocycles. The van der Waals surface area contributed by atoms with E-state index >= 15 is 0 Å². The van der Waals surface area contributed by atoms with Gasteiger partial charge in [0.1, 0.15) is 29.4 Å². The maximum Gasteiger partial charge on any atom is 0.228 e. The molecule has 0 saturated heterocycles. The van der Waals surface area contributed by atoms with Crippen molar-refractivity contribution in [3.8, 4) is 23.1 Å². The Hall–Kier alpha value is -3.61. The smallest absolute Gasteiger partial charge is 0.228 e. The summed E-state index contributed by atoms with van der Waals surface area (Å²) >= 11 is 0. The van der Waals surface area contributed by atoms with Gasteiger partial charge in [-0.05, 0) is 19.1 Å². The number of ether oxygens (including phenoxy) is 2. The van der Waals surface area contributed by atoms with Crippen molar-refractivity contribution in [3.05, 3.63) is 71.3 Å². The van der Waals surface area contributed by atoms with Crippen molar-refractivity contribution in [2.45, 2.75) is 12.8 Å². The Labute approximate surface area is 154 Å². The topological polar surface area (TPSA) is 81.8 Å². The molecule has 0 spiro atoms. The van der Waals surface area contributed by atoms with Crippen LogP contribution in [0.25, 0.3) is 5.65 Å². The molecule has 1 N–H and O–H groups in total. The Balaban J connectivity index is 1.87. The highest BCUT2D eigenvalue weighted by Crippen LogP contribution is 2.50. The summed E-state index contributed by atoms with van der Waals surface area (Å²) < 4.78 is 13.3. The molecule has 1 atom stereocenters. The Morgan fingerprint density at radius 1 is 1.15 bits per heavy atom. The third-order valence-corrected chi connectivity index (χ3v) is 4.75. The lowest BCUT2D eigenvalue weighted by atomic mass is 9.83. The molecule has 0 aliphatic carbocycles. The molecule has 134 valence electrons.